The summed E-state index contributed by atoms with van der Waals surface area (Å²) < 4.78 is 26.3. The minimum absolute atomic E-state index is 0.0601. The maximum Gasteiger partial charge on any atom is 0.333 e. The van der Waals surface area contributed by atoms with Crippen LogP contribution in [-0.2, 0) is 12.0 Å². The van der Waals surface area contributed by atoms with E-state index in [1.54, 1.807) is 24.3 Å². The average Bonchev–Trinajstić information content (AvgIpc) is 2.45. The second-order valence-electron chi connectivity index (χ2n) is 3.52. The van der Waals surface area contributed by atoms with Gasteiger partial charge in [0.2, 0.25) is 0 Å². The normalized spacial score (nSPS) is 26.3. The number of hydrogen-bond acceptors (Lipinski definition) is 1. The molecule has 0 saturated carbocycles. The van der Waals surface area contributed by atoms with Gasteiger partial charge in [0, 0.05) is 0 Å². The summed E-state index contributed by atoms with van der Waals surface area (Å²) in [4.78, 5) is -3.27. The van der Waals surface area contributed by atoms with Crippen molar-refractivity contribution in [2.75, 3.05) is 0 Å². The molecule has 76 valence electrons. The highest BCUT2D eigenvalue weighted by Gasteiger charge is 2.54. The Morgan fingerprint density at radius 2 is 2.00 bits per heavy atom. The van der Waals surface area contributed by atoms with Crippen LogP contribution in [0.3, 0.4) is 0 Å². The maximum absolute atomic E-state index is 13.2. The Morgan fingerprint density at radius 3 is 2.64 bits per heavy atom. The van der Waals surface area contributed by atoms with Crippen LogP contribution in [-0.4, -0.2) is 9.94 Å². The number of rotatable bonds is 1. The molecule has 1 aromatic rings. The quantitative estimate of drug-likeness (QED) is 0.772. The lowest BCUT2D eigenvalue weighted by Crippen LogP contribution is -2.38. The standard InChI is InChI=1S/C10H9BrF2O/c11-10(12,13)9(14)6-5-7-3-1-2-4-8(7)9/h1-4,14H,5-6H2. The van der Waals surface area contributed by atoms with Crippen LogP contribution < -0.4 is 0 Å². The third kappa shape index (κ3) is 1.28. The first-order valence-corrected chi connectivity index (χ1v) is 5.12. The topological polar surface area (TPSA) is 20.2 Å². The highest BCUT2D eigenvalue weighted by atomic mass is 79.9. The van der Waals surface area contributed by atoms with Crippen molar-refractivity contribution >= 4 is 15.9 Å². The number of aliphatic hydroxyl groups is 1. The van der Waals surface area contributed by atoms with Crippen LogP contribution in [0.15, 0.2) is 24.3 Å². The number of fused-ring (bicyclic) bond motifs is 1. The zero-order chi connectivity index (χ0) is 10.4. The first-order chi connectivity index (χ1) is 6.45. The molecule has 1 N–H and O–H groups in total. The van der Waals surface area contributed by atoms with Crippen molar-refractivity contribution in [2.45, 2.75) is 23.3 Å². The Morgan fingerprint density at radius 1 is 1.36 bits per heavy atom. The lowest BCUT2D eigenvalue weighted by molar-refractivity contribution is -0.120. The van der Waals surface area contributed by atoms with Gasteiger partial charge in [-0.15, -0.1) is 0 Å². The van der Waals surface area contributed by atoms with Gasteiger partial charge in [-0.25, -0.2) is 0 Å². The van der Waals surface area contributed by atoms with Crippen molar-refractivity contribution in [3.63, 3.8) is 0 Å². The van der Waals surface area contributed by atoms with E-state index in [1.165, 1.54) is 0 Å². The highest BCUT2D eigenvalue weighted by Crippen LogP contribution is 2.49. The summed E-state index contributed by atoms with van der Waals surface area (Å²) in [7, 11) is 0. The number of hydrogen-bond donors (Lipinski definition) is 1. The van der Waals surface area contributed by atoms with E-state index in [0.717, 1.165) is 5.56 Å². The van der Waals surface area contributed by atoms with E-state index in [1.807, 2.05) is 0 Å². The van der Waals surface area contributed by atoms with Gasteiger partial charge in [-0.3, -0.25) is 0 Å². The minimum Gasteiger partial charge on any atom is -0.378 e. The predicted octanol–water partition coefficient (Wildman–Crippen LogP) is 2.81. The van der Waals surface area contributed by atoms with Crippen LogP contribution in [0.4, 0.5) is 8.78 Å². The first-order valence-electron chi connectivity index (χ1n) is 4.33. The molecule has 0 spiro atoms. The molecule has 1 aliphatic rings. The van der Waals surface area contributed by atoms with E-state index < -0.39 is 10.4 Å². The molecule has 1 nitrogen and oxygen atoms in total. The molecule has 1 aromatic carbocycles. The van der Waals surface area contributed by atoms with Gasteiger partial charge in [-0.1, -0.05) is 24.3 Å². The van der Waals surface area contributed by atoms with Crippen LogP contribution in [0.2, 0.25) is 0 Å². The lowest BCUT2D eigenvalue weighted by atomic mass is 9.97. The average molecular weight is 263 g/mol. The van der Waals surface area contributed by atoms with Crippen LogP contribution in [0.5, 0.6) is 0 Å². The summed E-state index contributed by atoms with van der Waals surface area (Å²) in [5.74, 6) is 0. The largest absolute Gasteiger partial charge is 0.378 e. The summed E-state index contributed by atoms with van der Waals surface area (Å²) in [6.45, 7) is 0. The molecule has 1 unspecified atom stereocenters. The Hall–Kier alpha value is -0.480. The fraction of sp³-hybridized carbons (Fsp3) is 0.400. The van der Waals surface area contributed by atoms with Gasteiger partial charge in [0.25, 0.3) is 0 Å². The molecule has 0 aliphatic heterocycles. The molecule has 2 rings (SSSR count). The summed E-state index contributed by atoms with van der Waals surface area (Å²) >= 11 is 2.25. The van der Waals surface area contributed by atoms with Crippen molar-refractivity contribution in [1.82, 2.24) is 0 Å². The molecule has 0 saturated heterocycles. The van der Waals surface area contributed by atoms with Crippen LogP contribution in [0.1, 0.15) is 17.5 Å². The molecular weight excluding hydrogens is 254 g/mol. The summed E-state index contributed by atoms with van der Waals surface area (Å²) in [5, 5.41) is 9.88. The van der Waals surface area contributed by atoms with Gasteiger partial charge in [0.05, 0.1) is 0 Å². The van der Waals surface area contributed by atoms with Gasteiger partial charge in [-0.2, -0.15) is 8.78 Å². The third-order valence-corrected chi connectivity index (χ3v) is 3.34. The van der Waals surface area contributed by atoms with E-state index in [-0.39, 0.29) is 6.42 Å². The summed E-state index contributed by atoms with van der Waals surface area (Å²) in [6, 6.07) is 6.77. The van der Waals surface area contributed by atoms with Crippen molar-refractivity contribution in [2.24, 2.45) is 0 Å². The van der Waals surface area contributed by atoms with Crippen LogP contribution in [0.25, 0.3) is 0 Å². The molecule has 0 amide bonds. The number of halogens is 3. The van der Waals surface area contributed by atoms with Crippen molar-refractivity contribution in [3.05, 3.63) is 35.4 Å². The Balaban J connectivity index is 2.53. The van der Waals surface area contributed by atoms with E-state index in [2.05, 4.69) is 15.9 Å². The Bertz CT molecular complexity index is 361. The first kappa shape index (κ1) is 10.1. The second-order valence-corrected chi connectivity index (χ2v) is 4.51. The smallest absolute Gasteiger partial charge is 0.333 e. The van der Waals surface area contributed by atoms with Crippen molar-refractivity contribution < 1.29 is 13.9 Å². The molecule has 0 radical (unpaired) electrons. The van der Waals surface area contributed by atoms with Gasteiger partial charge >= 0.3 is 4.83 Å². The zero-order valence-corrected chi connectivity index (χ0v) is 8.89. The molecule has 14 heavy (non-hydrogen) atoms. The molecule has 0 bridgehead atoms. The zero-order valence-electron chi connectivity index (χ0n) is 7.30. The van der Waals surface area contributed by atoms with Gasteiger partial charge in [-0.05, 0) is 39.9 Å². The predicted molar refractivity (Wildman–Crippen MR) is 52.5 cm³/mol. The number of benzene rings is 1. The molecular formula is C10H9BrF2O. The second kappa shape index (κ2) is 3.00. The van der Waals surface area contributed by atoms with Gasteiger partial charge in [0.1, 0.15) is 0 Å². The van der Waals surface area contributed by atoms with Gasteiger partial charge in [0.15, 0.2) is 5.60 Å². The van der Waals surface area contributed by atoms with Crippen molar-refractivity contribution in [3.8, 4) is 0 Å². The summed E-state index contributed by atoms with van der Waals surface area (Å²) in [6.07, 6.45) is 0.554. The van der Waals surface area contributed by atoms with E-state index in [9.17, 15) is 13.9 Å². The fourth-order valence-corrected chi connectivity index (χ4v) is 2.30. The molecule has 1 atom stereocenters. The molecule has 4 heteroatoms. The highest BCUT2D eigenvalue weighted by molar-refractivity contribution is 9.10. The molecule has 0 heterocycles. The lowest BCUT2D eigenvalue weighted by Gasteiger charge is -2.28. The molecule has 0 fully saturated rings. The Labute approximate surface area is 88.9 Å². The van der Waals surface area contributed by atoms with E-state index in [4.69, 9.17) is 0 Å². The van der Waals surface area contributed by atoms with Crippen LogP contribution >= 0.6 is 15.9 Å². The van der Waals surface area contributed by atoms with Crippen LogP contribution in [0, 0.1) is 0 Å². The monoisotopic (exact) mass is 262 g/mol. The molecule has 1 aliphatic carbocycles. The third-order valence-electron chi connectivity index (χ3n) is 2.69. The number of alkyl halides is 3. The Kier molecular flexibility index (Phi) is 2.16. The van der Waals surface area contributed by atoms with E-state index in [0.29, 0.717) is 12.0 Å². The van der Waals surface area contributed by atoms with Gasteiger partial charge < -0.3 is 5.11 Å². The fourth-order valence-electron chi connectivity index (χ4n) is 1.89. The molecule has 0 aromatic heterocycles. The minimum atomic E-state index is -3.27. The summed E-state index contributed by atoms with van der Waals surface area (Å²) in [5.41, 5.74) is -0.917. The van der Waals surface area contributed by atoms with E-state index >= 15 is 0 Å². The van der Waals surface area contributed by atoms with Crippen molar-refractivity contribution in [1.29, 1.82) is 0 Å². The number of aryl methyl sites for hydroxylation is 1. The SMILES string of the molecule is OC1(C(F)(F)Br)CCc2ccccc21. The maximum atomic E-state index is 13.2.